The molecule has 6 heteroatoms. The summed E-state index contributed by atoms with van der Waals surface area (Å²) in [5.74, 6) is 0.275. The van der Waals surface area contributed by atoms with Crippen molar-refractivity contribution in [2.75, 3.05) is 0 Å². The molecule has 0 unspecified atom stereocenters. The summed E-state index contributed by atoms with van der Waals surface area (Å²) in [4.78, 5) is 20.3. The lowest BCUT2D eigenvalue weighted by Gasteiger charge is -2.22. The predicted octanol–water partition coefficient (Wildman–Crippen LogP) is 4.48. The van der Waals surface area contributed by atoms with E-state index in [1.165, 1.54) is 27.0 Å². The van der Waals surface area contributed by atoms with Crippen molar-refractivity contribution in [1.29, 1.82) is 0 Å². The van der Waals surface area contributed by atoms with Gasteiger partial charge in [0, 0.05) is 31.6 Å². The highest BCUT2D eigenvalue weighted by Crippen LogP contribution is 2.20. The van der Waals surface area contributed by atoms with Crippen molar-refractivity contribution in [3.8, 4) is 0 Å². The third-order valence-electron chi connectivity index (χ3n) is 4.69. The van der Waals surface area contributed by atoms with E-state index in [9.17, 15) is 4.79 Å². The molecule has 0 fully saturated rings. The molecule has 0 spiro atoms. The molecule has 5 nitrogen and oxygen atoms in total. The molecule has 0 atom stereocenters. The standard InChI is InChI=1S/C23H24N4OS/c1-17(2)22-25-27-21(28)13-20(24-23(27)29-22)16-26(14-18-9-5-3-6-10-18)15-19-11-7-4-8-12-19/h3-13,17H,14-16H2,1-2H3. The van der Waals surface area contributed by atoms with Crippen LogP contribution in [0, 0.1) is 0 Å². The summed E-state index contributed by atoms with van der Waals surface area (Å²) < 4.78 is 1.42. The zero-order chi connectivity index (χ0) is 20.2. The Bertz CT molecular complexity index is 1090. The molecule has 4 rings (SSSR count). The maximum absolute atomic E-state index is 12.6. The molecule has 29 heavy (non-hydrogen) atoms. The van der Waals surface area contributed by atoms with Crippen molar-refractivity contribution in [3.63, 3.8) is 0 Å². The second kappa shape index (κ2) is 8.68. The molecule has 0 aliphatic rings. The van der Waals surface area contributed by atoms with E-state index in [1.807, 2.05) is 12.1 Å². The summed E-state index contributed by atoms with van der Waals surface area (Å²) in [6.45, 7) is 6.33. The van der Waals surface area contributed by atoms with Gasteiger partial charge in [0.2, 0.25) is 4.96 Å². The van der Waals surface area contributed by atoms with Gasteiger partial charge in [-0.3, -0.25) is 9.69 Å². The molecule has 0 aliphatic heterocycles. The third kappa shape index (κ3) is 4.78. The molecule has 2 aromatic carbocycles. The van der Waals surface area contributed by atoms with Gasteiger partial charge in [0.1, 0.15) is 5.01 Å². The first kappa shape index (κ1) is 19.5. The summed E-state index contributed by atoms with van der Waals surface area (Å²) in [5, 5.41) is 5.34. The summed E-state index contributed by atoms with van der Waals surface area (Å²) in [7, 11) is 0. The highest BCUT2D eigenvalue weighted by molar-refractivity contribution is 7.16. The van der Waals surface area contributed by atoms with Crippen molar-refractivity contribution in [2.24, 2.45) is 0 Å². The lowest BCUT2D eigenvalue weighted by Crippen LogP contribution is -2.25. The average Bonchev–Trinajstić information content (AvgIpc) is 3.15. The Balaban J connectivity index is 1.63. The summed E-state index contributed by atoms with van der Waals surface area (Å²) in [5.41, 5.74) is 3.13. The van der Waals surface area contributed by atoms with E-state index >= 15 is 0 Å². The van der Waals surface area contributed by atoms with Gasteiger partial charge in [-0.05, 0) is 11.1 Å². The van der Waals surface area contributed by atoms with Gasteiger partial charge in [-0.15, -0.1) is 0 Å². The highest BCUT2D eigenvalue weighted by Gasteiger charge is 2.14. The van der Waals surface area contributed by atoms with Crippen molar-refractivity contribution in [3.05, 3.63) is 98.9 Å². The molecular weight excluding hydrogens is 380 g/mol. The number of benzene rings is 2. The minimum atomic E-state index is -0.118. The maximum atomic E-state index is 12.6. The first-order chi connectivity index (χ1) is 14.1. The number of fused-ring (bicyclic) bond motifs is 1. The third-order valence-corrected chi connectivity index (χ3v) is 5.90. The van der Waals surface area contributed by atoms with Crippen LogP contribution in [0.5, 0.6) is 0 Å². The molecule has 2 aromatic heterocycles. The lowest BCUT2D eigenvalue weighted by molar-refractivity contribution is 0.244. The molecule has 0 N–H and O–H groups in total. The Labute approximate surface area is 174 Å². The largest absolute Gasteiger partial charge is 0.289 e. The van der Waals surface area contributed by atoms with Crippen LogP contribution in [0.2, 0.25) is 0 Å². The Morgan fingerprint density at radius 1 is 0.931 bits per heavy atom. The predicted molar refractivity (Wildman–Crippen MR) is 117 cm³/mol. The smallest absolute Gasteiger partial charge is 0.275 e. The molecule has 148 valence electrons. The first-order valence-corrected chi connectivity index (χ1v) is 10.6. The quantitative estimate of drug-likeness (QED) is 0.456. The Morgan fingerprint density at radius 2 is 1.52 bits per heavy atom. The molecule has 0 saturated carbocycles. The summed E-state index contributed by atoms with van der Waals surface area (Å²) >= 11 is 1.49. The van der Waals surface area contributed by atoms with Crippen molar-refractivity contribution < 1.29 is 0 Å². The van der Waals surface area contributed by atoms with Crippen LogP contribution in [0.4, 0.5) is 0 Å². The molecule has 2 heterocycles. The Morgan fingerprint density at radius 3 is 2.07 bits per heavy atom. The van der Waals surface area contributed by atoms with E-state index in [2.05, 4.69) is 72.4 Å². The van der Waals surface area contributed by atoms with E-state index in [1.54, 1.807) is 6.07 Å². The minimum Gasteiger partial charge on any atom is -0.289 e. The van der Waals surface area contributed by atoms with Gasteiger partial charge in [-0.25, -0.2) is 4.98 Å². The van der Waals surface area contributed by atoms with Crippen LogP contribution in [0.15, 0.2) is 71.5 Å². The van der Waals surface area contributed by atoms with Crippen LogP contribution < -0.4 is 5.56 Å². The minimum absolute atomic E-state index is 0.118. The van der Waals surface area contributed by atoms with Crippen molar-refractivity contribution in [2.45, 2.75) is 39.4 Å². The average molecular weight is 405 g/mol. The van der Waals surface area contributed by atoms with Gasteiger partial charge in [-0.2, -0.15) is 9.61 Å². The zero-order valence-corrected chi connectivity index (χ0v) is 17.5. The van der Waals surface area contributed by atoms with Gasteiger partial charge >= 0.3 is 0 Å². The molecule has 0 radical (unpaired) electrons. The molecular formula is C23H24N4OS. The zero-order valence-electron chi connectivity index (χ0n) is 16.7. The molecule has 0 saturated heterocycles. The van der Waals surface area contributed by atoms with Crippen LogP contribution in [0.25, 0.3) is 4.96 Å². The van der Waals surface area contributed by atoms with Crippen molar-refractivity contribution in [1.82, 2.24) is 19.5 Å². The number of nitrogens with zero attached hydrogens (tertiary/aromatic N) is 4. The van der Waals surface area contributed by atoms with Gasteiger partial charge in [0.15, 0.2) is 0 Å². The van der Waals surface area contributed by atoms with E-state index < -0.39 is 0 Å². The highest BCUT2D eigenvalue weighted by atomic mass is 32.1. The Kier molecular flexibility index (Phi) is 5.83. The number of hydrogen-bond acceptors (Lipinski definition) is 5. The fourth-order valence-electron chi connectivity index (χ4n) is 3.27. The topological polar surface area (TPSA) is 50.5 Å². The molecule has 0 bridgehead atoms. The number of hydrogen-bond donors (Lipinski definition) is 0. The van der Waals surface area contributed by atoms with E-state index in [4.69, 9.17) is 4.98 Å². The Hall–Kier alpha value is -2.83. The molecule has 0 amide bonds. The number of rotatable bonds is 7. The number of aromatic nitrogens is 3. The van der Waals surface area contributed by atoms with Gasteiger partial charge in [-0.1, -0.05) is 85.8 Å². The van der Waals surface area contributed by atoms with Crippen LogP contribution in [0.3, 0.4) is 0 Å². The first-order valence-electron chi connectivity index (χ1n) is 9.78. The van der Waals surface area contributed by atoms with Gasteiger partial charge in [0.25, 0.3) is 5.56 Å². The van der Waals surface area contributed by atoms with Crippen molar-refractivity contribution >= 4 is 16.3 Å². The van der Waals surface area contributed by atoms with Crippen LogP contribution in [-0.4, -0.2) is 19.5 Å². The van der Waals surface area contributed by atoms with Gasteiger partial charge < -0.3 is 0 Å². The van der Waals surface area contributed by atoms with Crippen LogP contribution in [-0.2, 0) is 19.6 Å². The fourth-order valence-corrected chi connectivity index (χ4v) is 4.19. The van der Waals surface area contributed by atoms with E-state index in [0.717, 1.165) is 23.8 Å². The lowest BCUT2D eigenvalue weighted by atomic mass is 10.1. The second-order valence-electron chi connectivity index (χ2n) is 7.49. The summed E-state index contributed by atoms with van der Waals surface area (Å²) in [6, 6.07) is 22.4. The van der Waals surface area contributed by atoms with E-state index in [-0.39, 0.29) is 11.5 Å². The monoisotopic (exact) mass is 404 g/mol. The second-order valence-corrected chi connectivity index (χ2v) is 8.48. The molecule has 0 aliphatic carbocycles. The van der Waals surface area contributed by atoms with E-state index in [0.29, 0.717) is 11.5 Å². The summed E-state index contributed by atoms with van der Waals surface area (Å²) in [6.07, 6.45) is 0. The SMILES string of the molecule is CC(C)c1nn2c(=O)cc(CN(Cc3ccccc3)Cc3ccccc3)nc2s1. The van der Waals surface area contributed by atoms with Crippen LogP contribution >= 0.6 is 11.3 Å². The normalized spacial score (nSPS) is 11.6. The maximum Gasteiger partial charge on any atom is 0.275 e. The van der Waals surface area contributed by atoms with Crippen LogP contribution in [0.1, 0.15) is 41.6 Å². The molecule has 4 aromatic rings. The fraction of sp³-hybridized carbons (Fsp3) is 0.261. The van der Waals surface area contributed by atoms with Gasteiger partial charge in [0.05, 0.1) is 5.69 Å².